The largest absolute Gasteiger partial charge is 0.324 e. The van der Waals surface area contributed by atoms with Gasteiger partial charge in [-0.2, -0.15) is 0 Å². The number of hydrogen-bond donors (Lipinski definition) is 3. The molecule has 0 saturated carbocycles. The van der Waals surface area contributed by atoms with Gasteiger partial charge in [0.2, 0.25) is 15.9 Å². The maximum absolute atomic E-state index is 12.0. The summed E-state index contributed by atoms with van der Waals surface area (Å²) in [4.78, 5) is 11.9. The van der Waals surface area contributed by atoms with Crippen LogP contribution in [0.25, 0.3) is 0 Å². The highest BCUT2D eigenvalue weighted by atomic mass is 32.2. The summed E-state index contributed by atoms with van der Waals surface area (Å²) in [6.45, 7) is 5.16. The summed E-state index contributed by atoms with van der Waals surface area (Å²) in [5.41, 5.74) is 5.94. The number of nitrogens with two attached hydrogens (primary N) is 2. The van der Waals surface area contributed by atoms with E-state index in [1.807, 2.05) is 0 Å². The van der Waals surface area contributed by atoms with Crippen molar-refractivity contribution >= 4 is 21.6 Å². The van der Waals surface area contributed by atoms with Crippen LogP contribution in [0.3, 0.4) is 0 Å². The summed E-state index contributed by atoms with van der Waals surface area (Å²) >= 11 is 0. The van der Waals surface area contributed by atoms with E-state index < -0.39 is 15.6 Å². The van der Waals surface area contributed by atoms with Crippen LogP contribution >= 0.6 is 0 Å². The molecule has 5 N–H and O–H groups in total. The highest BCUT2D eigenvalue weighted by molar-refractivity contribution is 7.89. The van der Waals surface area contributed by atoms with Crippen molar-refractivity contribution in [2.45, 2.75) is 37.6 Å². The standard InChI is InChI=1S/C12H19N3O3S/c1-4-12(3,13)11(16)15-10-7-9(19(14,17)18)6-5-8(10)2/h5-7H,4,13H2,1-3H3,(H,15,16)(H2,14,17,18). The van der Waals surface area contributed by atoms with E-state index in [-0.39, 0.29) is 10.8 Å². The van der Waals surface area contributed by atoms with E-state index in [1.54, 1.807) is 26.8 Å². The van der Waals surface area contributed by atoms with Gasteiger partial charge in [0.15, 0.2) is 0 Å². The molecule has 1 amide bonds. The van der Waals surface area contributed by atoms with E-state index in [1.165, 1.54) is 12.1 Å². The number of carbonyl (C=O) groups is 1. The quantitative estimate of drug-likeness (QED) is 0.755. The van der Waals surface area contributed by atoms with Gasteiger partial charge in [-0.15, -0.1) is 0 Å². The first-order valence-electron chi connectivity index (χ1n) is 5.81. The van der Waals surface area contributed by atoms with Gasteiger partial charge in [-0.05, 0) is 38.0 Å². The monoisotopic (exact) mass is 285 g/mol. The van der Waals surface area contributed by atoms with Crippen LogP contribution in [0.2, 0.25) is 0 Å². The summed E-state index contributed by atoms with van der Waals surface area (Å²) in [5, 5.41) is 7.68. The molecule has 0 aliphatic rings. The maximum Gasteiger partial charge on any atom is 0.244 e. The van der Waals surface area contributed by atoms with Crippen LogP contribution in [-0.2, 0) is 14.8 Å². The highest BCUT2D eigenvalue weighted by Gasteiger charge is 2.26. The van der Waals surface area contributed by atoms with Crippen LogP contribution in [0.5, 0.6) is 0 Å². The average molecular weight is 285 g/mol. The summed E-state index contributed by atoms with van der Waals surface area (Å²) in [6.07, 6.45) is 0.465. The zero-order valence-corrected chi connectivity index (χ0v) is 12.0. The van der Waals surface area contributed by atoms with Crippen molar-refractivity contribution < 1.29 is 13.2 Å². The normalized spacial score (nSPS) is 14.8. The zero-order valence-electron chi connectivity index (χ0n) is 11.2. The van der Waals surface area contributed by atoms with Crippen LogP contribution in [0, 0.1) is 6.92 Å². The second-order valence-corrected chi connectivity index (χ2v) is 6.31. The molecule has 1 aromatic rings. The Kier molecular flexibility index (Phi) is 4.34. The third-order valence-electron chi connectivity index (χ3n) is 3.04. The Hall–Kier alpha value is -1.44. The fraction of sp³-hybridized carbons (Fsp3) is 0.417. The Bertz CT molecular complexity index is 594. The Balaban J connectivity index is 3.12. The van der Waals surface area contributed by atoms with Crippen LogP contribution < -0.4 is 16.2 Å². The zero-order chi connectivity index (χ0) is 14.8. The van der Waals surface area contributed by atoms with Crippen LogP contribution in [0.15, 0.2) is 23.1 Å². The lowest BCUT2D eigenvalue weighted by molar-refractivity contribution is -0.120. The third kappa shape index (κ3) is 3.76. The molecule has 0 radical (unpaired) electrons. The Morgan fingerprint density at radius 2 is 2.00 bits per heavy atom. The van der Waals surface area contributed by atoms with Gasteiger partial charge >= 0.3 is 0 Å². The van der Waals surface area contributed by atoms with Gasteiger partial charge in [0, 0.05) is 5.69 Å². The summed E-state index contributed by atoms with van der Waals surface area (Å²) in [6, 6.07) is 4.30. The van der Waals surface area contributed by atoms with Gasteiger partial charge in [-0.1, -0.05) is 13.0 Å². The predicted octanol–water partition coefficient (Wildman–Crippen LogP) is 0.708. The van der Waals surface area contributed by atoms with Crippen LogP contribution in [-0.4, -0.2) is 19.9 Å². The van der Waals surface area contributed by atoms with Gasteiger partial charge in [0.25, 0.3) is 0 Å². The summed E-state index contributed by atoms with van der Waals surface area (Å²) in [7, 11) is -3.80. The van der Waals surface area contributed by atoms with Crippen molar-refractivity contribution in [3.05, 3.63) is 23.8 Å². The number of carbonyl (C=O) groups excluding carboxylic acids is 1. The van der Waals surface area contributed by atoms with E-state index >= 15 is 0 Å². The molecule has 19 heavy (non-hydrogen) atoms. The van der Waals surface area contributed by atoms with Gasteiger partial charge in [-0.3, -0.25) is 4.79 Å². The number of nitrogens with one attached hydrogen (secondary N) is 1. The van der Waals surface area contributed by atoms with Crippen molar-refractivity contribution in [3.63, 3.8) is 0 Å². The molecule has 0 fully saturated rings. The van der Waals surface area contributed by atoms with Crippen molar-refractivity contribution in [3.8, 4) is 0 Å². The lowest BCUT2D eigenvalue weighted by Gasteiger charge is -2.22. The fourth-order valence-corrected chi connectivity index (χ4v) is 1.88. The lowest BCUT2D eigenvalue weighted by atomic mass is 9.99. The second kappa shape index (κ2) is 5.28. The fourth-order valence-electron chi connectivity index (χ4n) is 1.34. The number of rotatable bonds is 4. The SMILES string of the molecule is CCC(C)(N)C(=O)Nc1cc(S(N)(=O)=O)ccc1C. The van der Waals surface area contributed by atoms with Crippen molar-refractivity contribution in [1.82, 2.24) is 0 Å². The molecule has 0 aromatic heterocycles. The number of primary sulfonamides is 1. The molecule has 1 unspecified atom stereocenters. The molecule has 1 atom stereocenters. The number of benzene rings is 1. The molecule has 0 aliphatic carbocycles. The Morgan fingerprint density at radius 3 is 2.47 bits per heavy atom. The summed E-state index contributed by atoms with van der Waals surface area (Å²) < 4.78 is 22.6. The van der Waals surface area contributed by atoms with Crippen molar-refractivity contribution in [2.24, 2.45) is 10.9 Å². The number of aryl methyl sites for hydroxylation is 1. The van der Waals surface area contributed by atoms with Crippen molar-refractivity contribution in [1.29, 1.82) is 0 Å². The van der Waals surface area contributed by atoms with E-state index in [0.29, 0.717) is 12.1 Å². The molecule has 1 aromatic carbocycles. The molecule has 7 heteroatoms. The minimum absolute atomic E-state index is 0.0522. The minimum atomic E-state index is -3.80. The first kappa shape index (κ1) is 15.6. The smallest absolute Gasteiger partial charge is 0.244 e. The molecule has 0 bridgehead atoms. The Labute approximate surface area is 113 Å². The molecule has 0 heterocycles. The lowest BCUT2D eigenvalue weighted by Crippen LogP contribution is -2.47. The van der Waals surface area contributed by atoms with E-state index in [0.717, 1.165) is 5.56 Å². The van der Waals surface area contributed by atoms with Gasteiger partial charge in [0.05, 0.1) is 10.4 Å². The Morgan fingerprint density at radius 1 is 1.42 bits per heavy atom. The van der Waals surface area contributed by atoms with Crippen LogP contribution in [0.1, 0.15) is 25.8 Å². The topological polar surface area (TPSA) is 115 Å². The molecule has 0 spiro atoms. The first-order chi connectivity index (χ1) is 8.58. The van der Waals surface area contributed by atoms with E-state index in [9.17, 15) is 13.2 Å². The van der Waals surface area contributed by atoms with Gasteiger partial charge in [0.1, 0.15) is 0 Å². The second-order valence-electron chi connectivity index (χ2n) is 4.75. The molecule has 0 saturated heterocycles. The van der Waals surface area contributed by atoms with Gasteiger partial charge < -0.3 is 11.1 Å². The number of sulfonamides is 1. The van der Waals surface area contributed by atoms with E-state index in [4.69, 9.17) is 10.9 Å². The third-order valence-corrected chi connectivity index (χ3v) is 3.95. The molecular formula is C12H19N3O3S. The number of anilines is 1. The van der Waals surface area contributed by atoms with Gasteiger partial charge in [-0.25, -0.2) is 13.6 Å². The molecule has 0 aliphatic heterocycles. The van der Waals surface area contributed by atoms with Crippen LogP contribution in [0.4, 0.5) is 5.69 Å². The predicted molar refractivity (Wildman–Crippen MR) is 74.1 cm³/mol. The average Bonchev–Trinajstić information content (AvgIpc) is 2.30. The molecule has 1 rings (SSSR count). The first-order valence-corrected chi connectivity index (χ1v) is 7.36. The molecular weight excluding hydrogens is 266 g/mol. The minimum Gasteiger partial charge on any atom is -0.324 e. The summed E-state index contributed by atoms with van der Waals surface area (Å²) in [5.74, 6) is -0.371. The molecule has 106 valence electrons. The highest BCUT2D eigenvalue weighted by Crippen LogP contribution is 2.20. The number of hydrogen-bond acceptors (Lipinski definition) is 4. The van der Waals surface area contributed by atoms with E-state index in [2.05, 4.69) is 5.32 Å². The van der Waals surface area contributed by atoms with Crippen molar-refractivity contribution in [2.75, 3.05) is 5.32 Å². The molecule has 6 nitrogen and oxygen atoms in total. The maximum atomic E-state index is 12.0. The number of amides is 1.